The molecule has 0 atom stereocenters. The number of nitrogens with two attached hydrogens (primary N) is 2. The summed E-state index contributed by atoms with van der Waals surface area (Å²) >= 11 is 0. The highest BCUT2D eigenvalue weighted by atomic mass is 19.2. The van der Waals surface area contributed by atoms with Gasteiger partial charge in [0.15, 0.2) is 23.3 Å². The number of halogens is 2. The van der Waals surface area contributed by atoms with E-state index in [4.69, 9.17) is 16.0 Å². The summed E-state index contributed by atoms with van der Waals surface area (Å²) in [6.45, 7) is -0.0315. The van der Waals surface area contributed by atoms with E-state index >= 15 is 0 Å². The Labute approximate surface area is 151 Å². The van der Waals surface area contributed by atoms with Crippen LogP contribution in [-0.2, 0) is 6.54 Å². The van der Waals surface area contributed by atoms with E-state index in [0.717, 1.165) is 6.07 Å². The summed E-state index contributed by atoms with van der Waals surface area (Å²) in [5.74, 6) is -1.51. The molecule has 0 aliphatic carbocycles. The predicted molar refractivity (Wildman–Crippen MR) is 93.0 cm³/mol. The fourth-order valence-corrected chi connectivity index (χ4v) is 2.56. The van der Waals surface area contributed by atoms with Crippen LogP contribution in [0.3, 0.4) is 0 Å². The number of nitrogen functional groups attached to an aromatic ring is 2. The van der Waals surface area contributed by atoms with Crippen molar-refractivity contribution in [3.05, 3.63) is 60.0 Å². The van der Waals surface area contributed by atoms with Gasteiger partial charge in [-0.25, -0.2) is 18.7 Å². The second-order valence-corrected chi connectivity index (χ2v) is 5.70. The molecule has 0 saturated carbocycles. The van der Waals surface area contributed by atoms with Crippen LogP contribution in [0.1, 0.15) is 5.56 Å². The monoisotopic (exact) mass is 369 g/mol. The molecule has 4 aromatic rings. The van der Waals surface area contributed by atoms with Gasteiger partial charge in [0.05, 0.1) is 24.1 Å². The summed E-state index contributed by atoms with van der Waals surface area (Å²) in [7, 11) is 0. The molecule has 4 rings (SSSR count). The summed E-state index contributed by atoms with van der Waals surface area (Å²) in [5.41, 5.74) is 13.1. The largest absolute Gasteiger partial charge is 0.394 e. The normalized spacial score (nSPS) is 11.0. The van der Waals surface area contributed by atoms with Gasteiger partial charge in [-0.05, 0) is 12.1 Å². The average Bonchev–Trinajstić information content (AvgIpc) is 3.31. The maximum Gasteiger partial charge on any atom is 0.182 e. The van der Waals surface area contributed by atoms with Crippen molar-refractivity contribution in [2.75, 3.05) is 11.5 Å². The lowest BCUT2D eigenvalue weighted by molar-refractivity contribution is 0.421. The maximum absolute atomic E-state index is 14.1. The van der Waals surface area contributed by atoms with Crippen LogP contribution in [0.15, 0.2) is 47.3 Å². The van der Waals surface area contributed by atoms with Gasteiger partial charge in [-0.3, -0.25) is 4.68 Å². The highest BCUT2D eigenvalue weighted by molar-refractivity contribution is 5.65. The Hall–Kier alpha value is -3.82. The minimum Gasteiger partial charge on any atom is -0.394 e. The summed E-state index contributed by atoms with van der Waals surface area (Å²) in [6, 6.07) is 7.23. The predicted octanol–water partition coefficient (Wildman–Crippen LogP) is 2.49. The zero-order valence-electron chi connectivity index (χ0n) is 13.8. The molecule has 0 unspecified atom stereocenters. The molecule has 0 bridgehead atoms. The molecule has 27 heavy (non-hydrogen) atoms. The van der Waals surface area contributed by atoms with Crippen molar-refractivity contribution in [1.29, 1.82) is 0 Å². The van der Waals surface area contributed by atoms with Crippen LogP contribution in [0.5, 0.6) is 0 Å². The molecule has 136 valence electrons. The number of benzene rings is 1. The molecule has 0 spiro atoms. The fraction of sp³-hybridized carbons (Fsp3) is 0.0588. The molecular formula is C17H13F2N7O. The first-order chi connectivity index (χ1) is 13.0. The Balaban J connectivity index is 1.81. The molecule has 0 aliphatic rings. The number of hydrogen-bond acceptors (Lipinski definition) is 7. The number of hydrogen-bond donors (Lipinski definition) is 2. The standard InChI is InChI=1S/C17H13F2N7O/c18-10-3-1-2-9(15(10)19)8-26-14(12-4-5-27-25-12)6-13(24-26)17-22-7-11(20)16(21)23-17/h1-7H,8,20H2,(H2,21,22,23). The lowest BCUT2D eigenvalue weighted by Gasteiger charge is -2.07. The first kappa shape index (κ1) is 16.6. The van der Waals surface area contributed by atoms with E-state index in [0.29, 0.717) is 17.1 Å². The van der Waals surface area contributed by atoms with E-state index in [2.05, 4.69) is 20.2 Å². The molecular weight excluding hydrogens is 356 g/mol. The average molecular weight is 369 g/mol. The first-order valence-electron chi connectivity index (χ1n) is 7.83. The van der Waals surface area contributed by atoms with Gasteiger partial charge in [-0.1, -0.05) is 17.3 Å². The molecule has 1 aromatic carbocycles. The molecule has 0 fully saturated rings. The van der Waals surface area contributed by atoms with Crippen LogP contribution in [0, 0.1) is 11.6 Å². The smallest absolute Gasteiger partial charge is 0.182 e. The summed E-state index contributed by atoms with van der Waals surface area (Å²) in [6.07, 6.45) is 2.77. The molecule has 3 aromatic heterocycles. The van der Waals surface area contributed by atoms with Gasteiger partial charge in [0, 0.05) is 11.6 Å². The van der Waals surface area contributed by atoms with Gasteiger partial charge < -0.3 is 16.0 Å². The second-order valence-electron chi connectivity index (χ2n) is 5.70. The minimum absolute atomic E-state index is 0.0315. The van der Waals surface area contributed by atoms with Crippen molar-refractivity contribution >= 4 is 11.5 Å². The second kappa shape index (κ2) is 6.48. The first-order valence-corrected chi connectivity index (χ1v) is 7.83. The number of rotatable bonds is 4. The van der Waals surface area contributed by atoms with Crippen molar-refractivity contribution < 1.29 is 13.3 Å². The van der Waals surface area contributed by atoms with Gasteiger partial charge in [0.1, 0.15) is 17.7 Å². The lowest BCUT2D eigenvalue weighted by Crippen LogP contribution is -2.07. The molecule has 0 amide bonds. The third-order valence-electron chi connectivity index (χ3n) is 3.91. The molecule has 0 saturated heterocycles. The van der Waals surface area contributed by atoms with Crippen molar-refractivity contribution in [3.63, 3.8) is 0 Å². The number of nitrogens with zero attached hydrogens (tertiary/aromatic N) is 5. The van der Waals surface area contributed by atoms with E-state index in [1.165, 1.54) is 29.3 Å². The van der Waals surface area contributed by atoms with Gasteiger partial charge >= 0.3 is 0 Å². The van der Waals surface area contributed by atoms with E-state index in [9.17, 15) is 8.78 Å². The van der Waals surface area contributed by atoms with E-state index in [1.54, 1.807) is 12.1 Å². The van der Waals surface area contributed by atoms with Crippen LogP contribution < -0.4 is 11.5 Å². The fourth-order valence-electron chi connectivity index (χ4n) is 2.56. The van der Waals surface area contributed by atoms with Gasteiger partial charge in [0.2, 0.25) is 0 Å². The Kier molecular flexibility index (Phi) is 3.99. The summed E-state index contributed by atoms with van der Waals surface area (Å²) in [5, 5.41) is 8.28. The highest BCUT2D eigenvalue weighted by Gasteiger charge is 2.18. The maximum atomic E-state index is 14.1. The van der Waals surface area contributed by atoms with Crippen LogP contribution in [-0.4, -0.2) is 24.9 Å². The molecule has 4 N–H and O–H groups in total. The minimum atomic E-state index is -0.936. The zero-order valence-corrected chi connectivity index (χ0v) is 13.8. The van der Waals surface area contributed by atoms with Crippen molar-refractivity contribution in [2.45, 2.75) is 6.54 Å². The molecule has 0 aliphatic heterocycles. The molecule has 8 nitrogen and oxygen atoms in total. The van der Waals surface area contributed by atoms with Crippen LogP contribution in [0.4, 0.5) is 20.3 Å². The van der Waals surface area contributed by atoms with Crippen LogP contribution in [0.25, 0.3) is 22.9 Å². The quantitative estimate of drug-likeness (QED) is 0.567. The van der Waals surface area contributed by atoms with Crippen LogP contribution in [0.2, 0.25) is 0 Å². The van der Waals surface area contributed by atoms with E-state index in [1.807, 2.05) is 0 Å². The van der Waals surface area contributed by atoms with E-state index < -0.39 is 11.6 Å². The number of anilines is 2. The Bertz CT molecular complexity index is 1110. The van der Waals surface area contributed by atoms with Crippen LogP contribution >= 0.6 is 0 Å². The van der Waals surface area contributed by atoms with Gasteiger partial charge in [-0.15, -0.1) is 0 Å². The molecule has 3 heterocycles. The van der Waals surface area contributed by atoms with Crippen molar-refractivity contribution in [1.82, 2.24) is 24.9 Å². The van der Waals surface area contributed by atoms with E-state index in [-0.39, 0.29) is 29.4 Å². The molecule has 0 radical (unpaired) electrons. The Morgan fingerprint density at radius 1 is 1.11 bits per heavy atom. The highest BCUT2D eigenvalue weighted by Crippen LogP contribution is 2.26. The SMILES string of the molecule is Nc1cnc(-c2cc(-c3ccon3)n(Cc3cccc(F)c3F)n2)nc1N. The summed E-state index contributed by atoms with van der Waals surface area (Å²) in [4.78, 5) is 8.22. The zero-order chi connectivity index (χ0) is 19.0. The lowest BCUT2D eigenvalue weighted by atomic mass is 10.2. The Morgan fingerprint density at radius 3 is 2.70 bits per heavy atom. The third kappa shape index (κ3) is 3.08. The van der Waals surface area contributed by atoms with Gasteiger partial charge in [-0.2, -0.15) is 5.10 Å². The van der Waals surface area contributed by atoms with Crippen molar-refractivity contribution in [3.8, 4) is 22.9 Å². The van der Waals surface area contributed by atoms with Crippen molar-refractivity contribution in [2.24, 2.45) is 0 Å². The number of aromatic nitrogens is 5. The topological polar surface area (TPSA) is 122 Å². The third-order valence-corrected chi connectivity index (χ3v) is 3.91. The van der Waals surface area contributed by atoms with Gasteiger partial charge in [0.25, 0.3) is 0 Å². The Morgan fingerprint density at radius 2 is 1.96 bits per heavy atom. The summed E-state index contributed by atoms with van der Waals surface area (Å²) < 4.78 is 33.9. The molecule has 10 heteroatoms.